The minimum Gasteiger partial charge on any atom is -0.323 e. The van der Waals surface area contributed by atoms with E-state index >= 15 is 0 Å². The molecule has 0 aliphatic carbocycles. The van der Waals surface area contributed by atoms with Gasteiger partial charge in [-0.15, -0.1) is 0 Å². The van der Waals surface area contributed by atoms with Crippen LogP contribution in [0.5, 0.6) is 0 Å². The molecule has 5 heteroatoms. The molecule has 52 valence electrons. The predicted octanol–water partition coefficient (Wildman–Crippen LogP) is 0.0564. The predicted molar refractivity (Wildman–Crippen MR) is 37.2 cm³/mol. The van der Waals surface area contributed by atoms with E-state index in [0.29, 0.717) is 0 Å². The minimum absolute atomic E-state index is 0.206. The number of hydrazone groups is 1. The highest BCUT2D eigenvalue weighted by atomic mass is 32.2. The van der Waals surface area contributed by atoms with Crippen molar-refractivity contribution in [1.82, 2.24) is 0 Å². The van der Waals surface area contributed by atoms with Gasteiger partial charge in [0.05, 0.1) is 11.1 Å². The van der Waals surface area contributed by atoms with Crippen molar-refractivity contribution in [2.75, 3.05) is 0 Å². The molecule has 0 heterocycles. The molecule has 0 fully saturated rings. The van der Waals surface area contributed by atoms with E-state index in [-0.39, 0.29) is 4.91 Å². The summed E-state index contributed by atoms with van der Waals surface area (Å²) >= 11 is -1.97. The molecule has 1 atom stereocenters. The molecule has 1 unspecified atom stereocenters. The first kappa shape index (κ1) is 8.32. The molecule has 4 nitrogen and oxygen atoms in total. The lowest BCUT2D eigenvalue weighted by Crippen LogP contribution is -1.95. The summed E-state index contributed by atoms with van der Waals surface area (Å²) in [6.07, 6.45) is 2.60. The molecule has 0 saturated carbocycles. The summed E-state index contributed by atoms with van der Waals surface area (Å²) in [7, 11) is 0. The van der Waals surface area contributed by atoms with Gasteiger partial charge in [0.15, 0.2) is 11.1 Å². The topological polar surface area (TPSA) is 75.7 Å². The summed E-state index contributed by atoms with van der Waals surface area (Å²) in [6.45, 7) is 1.63. The van der Waals surface area contributed by atoms with Crippen molar-refractivity contribution in [1.29, 1.82) is 0 Å². The van der Waals surface area contributed by atoms with Crippen LogP contribution >= 0.6 is 0 Å². The molecule has 0 bridgehead atoms. The monoisotopic (exact) mass is 148 g/mol. The summed E-state index contributed by atoms with van der Waals surface area (Å²) in [5.41, 5.74) is 0. The summed E-state index contributed by atoms with van der Waals surface area (Å²) in [5.74, 6) is 4.73. The Bertz CT molecular complexity index is 164. The Balaban J connectivity index is 4.19. The van der Waals surface area contributed by atoms with Crippen LogP contribution in [0.4, 0.5) is 0 Å². The molecular formula is C4H8N2O2S. The maximum absolute atomic E-state index is 10.2. The summed E-state index contributed by atoms with van der Waals surface area (Å²) in [5, 5.41) is 3.08. The second-order valence-electron chi connectivity index (χ2n) is 1.22. The van der Waals surface area contributed by atoms with E-state index in [1.54, 1.807) is 6.92 Å². The molecule has 0 aliphatic rings. The Morgan fingerprint density at radius 1 is 1.89 bits per heavy atom. The molecule has 0 radical (unpaired) electrons. The van der Waals surface area contributed by atoms with Gasteiger partial charge in [-0.05, 0) is 6.92 Å². The second-order valence-corrected chi connectivity index (χ2v) is 2.19. The first-order valence-electron chi connectivity index (χ1n) is 2.22. The molecule has 0 aromatic carbocycles. The van der Waals surface area contributed by atoms with Crippen molar-refractivity contribution in [2.45, 2.75) is 6.92 Å². The van der Waals surface area contributed by atoms with E-state index in [4.69, 9.17) is 10.4 Å². The van der Waals surface area contributed by atoms with Crippen LogP contribution < -0.4 is 5.84 Å². The van der Waals surface area contributed by atoms with Crippen molar-refractivity contribution in [2.24, 2.45) is 10.9 Å². The molecule has 3 N–H and O–H groups in total. The zero-order valence-electron chi connectivity index (χ0n) is 4.94. The Morgan fingerprint density at radius 3 is 2.56 bits per heavy atom. The van der Waals surface area contributed by atoms with E-state index in [0.717, 1.165) is 6.21 Å². The molecular weight excluding hydrogens is 140 g/mol. The lowest BCUT2D eigenvalue weighted by atomic mass is 10.6. The van der Waals surface area contributed by atoms with Crippen LogP contribution in [0.1, 0.15) is 6.92 Å². The second kappa shape index (κ2) is 4.22. The van der Waals surface area contributed by atoms with Crippen LogP contribution in [0.25, 0.3) is 0 Å². The molecule has 0 spiro atoms. The summed E-state index contributed by atoms with van der Waals surface area (Å²) < 4.78 is 18.6. The van der Waals surface area contributed by atoms with Crippen molar-refractivity contribution in [3.63, 3.8) is 0 Å². The average molecular weight is 148 g/mol. The van der Waals surface area contributed by atoms with Crippen LogP contribution in [-0.2, 0) is 11.1 Å². The van der Waals surface area contributed by atoms with Crippen molar-refractivity contribution in [3.05, 3.63) is 11.0 Å². The summed E-state index contributed by atoms with van der Waals surface area (Å²) in [6, 6.07) is 0. The zero-order valence-corrected chi connectivity index (χ0v) is 5.76. The number of nitrogens with zero attached hydrogens (tertiary/aromatic N) is 1. The third-order valence-corrected chi connectivity index (χ3v) is 1.43. The maximum Gasteiger partial charge on any atom is 0.187 e. The van der Waals surface area contributed by atoms with Crippen molar-refractivity contribution in [3.8, 4) is 0 Å². The van der Waals surface area contributed by atoms with Gasteiger partial charge in [-0.25, -0.2) is 4.21 Å². The van der Waals surface area contributed by atoms with Gasteiger partial charge in [-0.1, -0.05) is 6.08 Å². The van der Waals surface area contributed by atoms with Crippen LogP contribution in [0.15, 0.2) is 16.1 Å². The Kier molecular flexibility index (Phi) is 3.90. The van der Waals surface area contributed by atoms with Crippen molar-refractivity contribution >= 4 is 17.3 Å². The SMILES string of the molecule is C/C=C(\C=N/N)S(=O)O. The number of rotatable bonds is 2. The highest BCUT2D eigenvalue weighted by Crippen LogP contribution is 1.92. The smallest absolute Gasteiger partial charge is 0.187 e. The number of hydrogen-bond donors (Lipinski definition) is 2. The highest BCUT2D eigenvalue weighted by molar-refractivity contribution is 7.84. The van der Waals surface area contributed by atoms with Gasteiger partial charge in [-0.3, -0.25) is 0 Å². The Labute approximate surface area is 55.7 Å². The third kappa shape index (κ3) is 2.99. The maximum atomic E-state index is 10.2. The third-order valence-electron chi connectivity index (χ3n) is 0.688. The molecule has 0 aromatic rings. The molecule has 0 rings (SSSR count). The van der Waals surface area contributed by atoms with E-state index in [2.05, 4.69) is 5.10 Å². The van der Waals surface area contributed by atoms with Crippen LogP contribution in [-0.4, -0.2) is 15.0 Å². The first-order valence-corrected chi connectivity index (χ1v) is 3.33. The van der Waals surface area contributed by atoms with E-state index < -0.39 is 11.1 Å². The normalized spacial score (nSPS) is 16.4. The number of allylic oxidation sites excluding steroid dienone is 2. The minimum atomic E-state index is -1.97. The first-order chi connectivity index (χ1) is 4.22. The number of hydrogen-bond acceptors (Lipinski definition) is 3. The van der Waals surface area contributed by atoms with Gasteiger partial charge in [0.1, 0.15) is 0 Å². The fourth-order valence-corrected chi connectivity index (χ4v) is 0.647. The van der Waals surface area contributed by atoms with E-state index in [1.807, 2.05) is 0 Å². The van der Waals surface area contributed by atoms with Crippen LogP contribution in [0.2, 0.25) is 0 Å². The molecule has 0 aliphatic heterocycles. The van der Waals surface area contributed by atoms with Crippen molar-refractivity contribution < 1.29 is 8.76 Å². The highest BCUT2D eigenvalue weighted by Gasteiger charge is 1.96. The van der Waals surface area contributed by atoms with Gasteiger partial charge in [0.25, 0.3) is 0 Å². The van der Waals surface area contributed by atoms with Gasteiger partial charge in [0.2, 0.25) is 0 Å². The quantitative estimate of drug-likeness (QED) is 0.251. The van der Waals surface area contributed by atoms with Crippen LogP contribution in [0.3, 0.4) is 0 Å². The van der Waals surface area contributed by atoms with Gasteiger partial charge < -0.3 is 10.4 Å². The zero-order chi connectivity index (χ0) is 7.28. The van der Waals surface area contributed by atoms with Gasteiger partial charge in [0, 0.05) is 0 Å². The Hall–Kier alpha value is -0.680. The average Bonchev–Trinajstić information content (AvgIpc) is 1.82. The lowest BCUT2D eigenvalue weighted by molar-refractivity contribution is 0.573. The number of nitrogens with two attached hydrogens (primary N) is 1. The molecule has 0 saturated heterocycles. The van der Waals surface area contributed by atoms with E-state index in [1.165, 1.54) is 6.08 Å². The summed E-state index contributed by atoms with van der Waals surface area (Å²) in [4.78, 5) is 0.206. The molecule has 0 amide bonds. The fraction of sp³-hybridized carbons (Fsp3) is 0.250. The molecule has 9 heavy (non-hydrogen) atoms. The van der Waals surface area contributed by atoms with E-state index in [9.17, 15) is 4.21 Å². The van der Waals surface area contributed by atoms with Gasteiger partial charge in [-0.2, -0.15) is 5.10 Å². The van der Waals surface area contributed by atoms with Crippen LogP contribution in [0, 0.1) is 0 Å². The lowest BCUT2D eigenvalue weighted by Gasteiger charge is -1.88. The fourth-order valence-electron chi connectivity index (χ4n) is 0.294. The molecule has 0 aromatic heterocycles. The largest absolute Gasteiger partial charge is 0.323 e. The standard InChI is InChI=1S/C4H8N2O2S/c1-2-4(3-6-5)9(7)8/h2-3H,5H2,1H3,(H,7,8)/b4-2+,6-3-. The van der Waals surface area contributed by atoms with Gasteiger partial charge >= 0.3 is 0 Å². The Morgan fingerprint density at radius 2 is 2.44 bits per heavy atom.